The monoisotopic (exact) mass is 431 g/mol. The maximum Gasteiger partial charge on any atom is 0.260 e. The van der Waals surface area contributed by atoms with Gasteiger partial charge in [-0.3, -0.25) is 9.59 Å². The zero-order valence-electron chi connectivity index (χ0n) is 18.6. The normalized spacial score (nSPS) is 15.3. The predicted octanol–water partition coefficient (Wildman–Crippen LogP) is 3.89. The van der Waals surface area contributed by atoms with Gasteiger partial charge in [0, 0.05) is 24.5 Å². The summed E-state index contributed by atoms with van der Waals surface area (Å²) in [7, 11) is 0. The van der Waals surface area contributed by atoms with Gasteiger partial charge in [-0.05, 0) is 55.2 Å². The third-order valence-corrected chi connectivity index (χ3v) is 5.81. The zero-order chi connectivity index (χ0) is 22.5. The molecule has 1 unspecified atom stereocenters. The van der Waals surface area contributed by atoms with Crippen LogP contribution in [0.5, 0.6) is 0 Å². The summed E-state index contributed by atoms with van der Waals surface area (Å²) < 4.78 is 5.89. The molecular formula is C26H29N3O3. The maximum absolute atomic E-state index is 12.8. The number of nitrogens with zero attached hydrogens (tertiary/aromatic N) is 1. The van der Waals surface area contributed by atoms with Crippen molar-refractivity contribution in [1.82, 2.24) is 10.3 Å². The van der Waals surface area contributed by atoms with Gasteiger partial charge in [0.2, 0.25) is 0 Å². The highest BCUT2D eigenvalue weighted by Crippen LogP contribution is 2.34. The van der Waals surface area contributed by atoms with Gasteiger partial charge in [0.05, 0.1) is 19.3 Å². The molecule has 1 amide bonds. The number of H-pyrrole nitrogens is 1. The lowest BCUT2D eigenvalue weighted by molar-refractivity contribution is 0.0931. The van der Waals surface area contributed by atoms with Gasteiger partial charge in [0.15, 0.2) is 0 Å². The Morgan fingerprint density at radius 2 is 1.94 bits per heavy atom. The summed E-state index contributed by atoms with van der Waals surface area (Å²) in [6.07, 6.45) is 0.768. The van der Waals surface area contributed by atoms with Crippen LogP contribution in [0, 0.1) is 13.8 Å². The molecule has 3 aromatic rings. The van der Waals surface area contributed by atoms with Crippen molar-refractivity contribution in [2.75, 3.05) is 24.6 Å². The average Bonchev–Trinajstić information content (AvgIpc) is 2.78. The molecule has 2 N–H and O–H groups in total. The third kappa shape index (κ3) is 5.08. The number of amides is 1. The van der Waals surface area contributed by atoms with Crippen LogP contribution in [0.2, 0.25) is 0 Å². The third-order valence-electron chi connectivity index (χ3n) is 5.81. The van der Waals surface area contributed by atoms with Gasteiger partial charge in [-0.15, -0.1) is 0 Å². The molecule has 1 aliphatic rings. The van der Waals surface area contributed by atoms with E-state index in [0.29, 0.717) is 13.2 Å². The first-order valence-corrected chi connectivity index (χ1v) is 11.0. The summed E-state index contributed by atoms with van der Waals surface area (Å²) in [4.78, 5) is 30.0. The molecule has 166 valence electrons. The number of carbonyl (C=O) groups excluding carboxylic acids is 1. The minimum Gasteiger partial charge on any atom is -0.375 e. The molecule has 2 aromatic carbocycles. The molecule has 0 fully saturated rings. The van der Waals surface area contributed by atoms with Crippen molar-refractivity contribution >= 4 is 11.6 Å². The Bertz CT molecular complexity index is 1140. The summed E-state index contributed by atoms with van der Waals surface area (Å²) in [6, 6.07) is 19.6. The fourth-order valence-electron chi connectivity index (χ4n) is 4.09. The van der Waals surface area contributed by atoms with Gasteiger partial charge < -0.3 is 19.9 Å². The molecule has 1 aliphatic heterocycles. The number of pyridine rings is 1. The van der Waals surface area contributed by atoms with Gasteiger partial charge in [0.25, 0.3) is 11.5 Å². The second kappa shape index (κ2) is 9.83. The molecule has 1 aromatic heterocycles. The fourth-order valence-corrected chi connectivity index (χ4v) is 4.09. The Hall–Kier alpha value is -3.38. The van der Waals surface area contributed by atoms with E-state index in [4.69, 9.17) is 4.74 Å². The Morgan fingerprint density at radius 1 is 1.12 bits per heavy atom. The van der Waals surface area contributed by atoms with Crippen molar-refractivity contribution in [2.24, 2.45) is 0 Å². The molecule has 32 heavy (non-hydrogen) atoms. The molecule has 0 saturated carbocycles. The number of aryl methyl sites for hydroxylation is 2. The predicted molar refractivity (Wildman–Crippen MR) is 126 cm³/mol. The first-order valence-electron chi connectivity index (χ1n) is 11.0. The summed E-state index contributed by atoms with van der Waals surface area (Å²) in [6.45, 7) is 6.67. The quantitative estimate of drug-likeness (QED) is 0.557. The summed E-state index contributed by atoms with van der Waals surface area (Å²) in [5, 5.41) is 3.06. The van der Waals surface area contributed by atoms with E-state index in [2.05, 4.69) is 52.5 Å². The van der Waals surface area contributed by atoms with Gasteiger partial charge in [-0.25, -0.2) is 0 Å². The average molecular weight is 432 g/mol. The number of rotatable bonds is 7. The highest BCUT2D eigenvalue weighted by Gasteiger charge is 2.27. The SMILES string of the molecule is Cc1ccc2c(c1)N(CCOCc1ccccc1)CCC2NC(=O)c1ccc(C)[nH]c1=O. The van der Waals surface area contributed by atoms with Gasteiger partial charge in [0.1, 0.15) is 5.56 Å². The second-order valence-corrected chi connectivity index (χ2v) is 8.29. The van der Waals surface area contributed by atoms with Crippen LogP contribution in [0.3, 0.4) is 0 Å². The number of ether oxygens (including phenoxy) is 1. The fraction of sp³-hybridized carbons (Fsp3) is 0.308. The Labute approximate surface area is 188 Å². The molecule has 0 aliphatic carbocycles. The maximum atomic E-state index is 12.8. The summed E-state index contributed by atoms with van der Waals surface area (Å²) in [5.41, 5.74) is 5.03. The second-order valence-electron chi connectivity index (χ2n) is 8.29. The van der Waals surface area contributed by atoms with Crippen molar-refractivity contribution in [3.8, 4) is 0 Å². The van der Waals surface area contributed by atoms with E-state index in [-0.39, 0.29) is 23.1 Å². The van der Waals surface area contributed by atoms with Crippen molar-refractivity contribution in [3.05, 3.63) is 99.0 Å². The number of aromatic nitrogens is 1. The standard InChI is InChI=1S/C26H29N3O3/c1-18-8-10-21-23(28-26(31)22-11-9-19(2)27-25(22)30)12-13-29(24(21)16-18)14-15-32-17-20-6-4-3-5-7-20/h3-11,16,23H,12-15,17H2,1-2H3,(H,27,30)(H,28,31). The van der Waals surface area contributed by atoms with Crippen molar-refractivity contribution in [2.45, 2.75) is 32.9 Å². The lowest BCUT2D eigenvalue weighted by Crippen LogP contribution is -2.40. The van der Waals surface area contributed by atoms with Crippen LogP contribution in [-0.2, 0) is 11.3 Å². The lowest BCUT2D eigenvalue weighted by Gasteiger charge is -2.36. The van der Waals surface area contributed by atoms with Crippen LogP contribution in [0.4, 0.5) is 5.69 Å². The minimum atomic E-state index is -0.361. The van der Waals surface area contributed by atoms with Crippen molar-refractivity contribution in [1.29, 1.82) is 0 Å². The molecule has 0 saturated heterocycles. The number of anilines is 1. The van der Waals surface area contributed by atoms with E-state index in [0.717, 1.165) is 42.0 Å². The van der Waals surface area contributed by atoms with Crippen LogP contribution in [-0.4, -0.2) is 30.6 Å². The summed E-state index contributed by atoms with van der Waals surface area (Å²) >= 11 is 0. The number of fused-ring (bicyclic) bond motifs is 1. The molecule has 0 bridgehead atoms. The molecule has 0 radical (unpaired) electrons. The van der Waals surface area contributed by atoms with Gasteiger partial charge in [-0.2, -0.15) is 0 Å². The van der Waals surface area contributed by atoms with Crippen LogP contribution in [0.25, 0.3) is 0 Å². The Balaban J connectivity index is 1.43. The van der Waals surface area contributed by atoms with E-state index in [1.807, 2.05) is 18.2 Å². The number of carbonyl (C=O) groups is 1. The number of hydrogen-bond donors (Lipinski definition) is 2. The van der Waals surface area contributed by atoms with Crippen molar-refractivity contribution in [3.63, 3.8) is 0 Å². The Kier molecular flexibility index (Phi) is 6.71. The molecule has 2 heterocycles. The van der Waals surface area contributed by atoms with E-state index < -0.39 is 0 Å². The largest absolute Gasteiger partial charge is 0.375 e. The van der Waals surface area contributed by atoms with Crippen LogP contribution in [0.15, 0.2) is 65.5 Å². The first-order chi connectivity index (χ1) is 15.5. The Morgan fingerprint density at radius 3 is 2.72 bits per heavy atom. The number of aromatic amines is 1. The van der Waals surface area contributed by atoms with Gasteiger partial charge >= 0.3 is 0 Å². The molecule has 1 atom stereocenters. The highest BCUT2D eigenvalue weighted by molar-refractivity contribution is 5.94. The first kappa shape index (κ1) is 21.8. The lowest BCUT2D eigenvalue weighted by atomic mass is 9.94. The zero-order valence-corrected chi connectivity index (χ0v) is 18.6. The van der Waals surface area contributed by atoms with E-state index in [1.54, 1.807) is 19.1 Å². The molecular weight excluding hydrogens is 402 g/mol. The smallest absolute Gasteiger partial charge is 0.260 e. The van der Waals surface area contributed by atoms with Crippen LogP contribution < -0.4 is 15.8 Å². The van der Waals surface area contributed by atoms with E-state index >= 15 is 0 Å². The van der Waals surface area contributed by atoms with E-state index in [9.17, 15) is 9.59 Å². The molecule has 4 rings (SSSR count). The van der Waals surface area contributed by atoms with Crippen LogP contribution >= 0.6 is 0 Å². The minimum absolute atomic E-state index is 0.139. The van der Waals surface area contributed by atoms with Crippen LogP contribution in [0.1, 0.15) is 45.2 Å². The molecule has 0 spiro atoms. The van der Waals surface area contributed by atoms with Gasteiger partial charge in [-0.1, -0.05) is 42.5 Å². The highest BCUT2D eigenvalue weighted by atomic mass is 16.5. The topological polar surface area (TPSA) is 74.4 Å². The molecule has 6 nitrogen and oxygen atoms in total. The number of hydrogen-bond acceptors (Lipinski definition) is 4. The van der Waals surface area contributed by atoms with Crippen molar-refractivity contribution < 1.29 is 9.53 Å². The van der Waals surface area contributed by atoms with E-state index in [1.165, 1.54) is 5.56 Å². The summed E-state index contributed by atoms with van der Waals surface area (Å²) in [5.74, 6) is -0.345. The number of benzene rings is 2. The number of nitrogens with one attached hydrogen (secondary N) is 2. The molecule has 6 heteroatoms.